The van der Waals surface area contributed by atoms with Crippen molar-refractivity contribution in [2.24, 2.45) is 0 Å². The minimum atomic E-state index is -0.0518. The lowest BCUT2D eigenvalue weighted by molar-refractivity contribution is -0.115. The van der Waals surface area contributed by atoms with Gasteiger partial charge in [0.05, 0.1) is 12.6 Å². The minimum Gasteiger partial charge on any atom is -0.380 e. The molecule has 2 N–H and O–H groups in total. The largest absolute Gasteiger partial charge is 0.380 e. The molecule has 0 saturated heterocycles. The van der Waals surface area contributed by atoms with Crippen molar-refractivity contribution in [2.75, 3.05) is 19.0 Å². The molecule has 1 aromatic carbocycles. The lowest BCUT2D eigenvalue weighted by Crippen LogP contribution is -2.41. The summed E-state index contributed by atoms with van der Waals surface area (Å²) in [5.74, 6) is -0.0518. The van der Waals surface area contributed by atoms with Gasteiger partial charge in [-0.05, 0) is 43.5 Å². The van der Waals surface area contributed by atoms with E-state index in [0.29, 0.717) is 11.6 Å². The molecular weight excluding hydrogens is 264 g/mol. The van der Waals surface area contributed by atoms with E-state index >= 15 is 0 Å². The van der Waals surface area contributed by atoms with Crippen molar-refractivity contribution in [3.63, 3.8) is 0 Å². The highest BCUT2D eigenvalue weighted by molar-refractivity contribution is 6.30. The SMILES string of the molecule is COC1CCCC1NCC(=O)Nc1ccc(Cl)cc1. The number of anilines is 1. The summed E-state index contributed by atoms with van der Waals surface area (Å²) in [6.07, 6.45) is 3.50. The topological polar surface area (TPSA) is 50.4 Å². The number of nitrogens with one attached hydrogen (secondary N) is 2. The summed E-state index contributed by atoms with van der Waals surface area (Å²) in [4.78, 5) is 11.8. The van der Waals surface area contributed by atoms with Crippen LogP contribution >= 0.6 is 11.6 Å². The Morgan fingerprint density at radius 2 is 2.11 bits per heavy atom. The third-order valence-electron chi connectivity index (χ3n) is 3.41. The zero-order chi connectivity index (χ0) is 13.7. The molecule has 2 rings (SSSR count). The van der Waals surface area contributed by atoms with Crippen LogP contribution in [0.3, 0.4) is 0 Å². The molecule has 4 nitrogen and oxygen atoms in total. The van der Waals surface area contributed by atoms with Gasteiger partial charge in [0.2, 0.25) is 5.91 Å². The molecule has 19 heavy (non-hydrogen) atoms. The summed E-state index contributed by atoms with van der Waals surface area (Å²) in [7, 11) is 1.72. The zero-order valence-corrected chi connectivity index (χ0v) is 11.7. The van der Waals surface area contributed by atoms with Gasteiger partial charge in [-0.2, -0.15) is 0 Å². The third kappa shape index (κ3) is 4.20. The number of hydrogen-bond acceptors (Lipinski definition) is 3. The van der Waals surface area contributed by atoms with E-state index in [2.05, 4.69) is 10.6 Å². The summed E-state index contributed by atoms with van der Waals surface area (Å²) in [6, 6.07) is 7.35. The maximum atomic E-state index is 11.8. The van der Waals surface area contributed by atoms with Crippen LogP contribution in [0.2, 0.25) is 5.02 Å². The monoisotopic (exact) mass is 282 g/mol. The van der Waals surface area contributed by atoms with Crippen LogP contribution in [0.25, 0.3) is 0 Å². The second-order valence-corrected chi connectivity index (χ2v) is 5.18. The Morgan fingerprint density at radius 3 is 2.79 bits per heavy atom. The standard InChI is InChI=1S/C14H19ClN2O2/c1-19-13-4-2-3-12(13)16-9-14(18)17-11-7-5-10(15)6-8-11/h5-8,12-13,16H,2-4,9H2,1H3,(H,17,18). The van der Waals surface area contributed by atoms with Crippen LogP contribution in [0, 0.1) is 0 Å². The van der Waals surface area contributed by atoms with Gasteiger partial charge >= 0.3 is 0 Å². The Kier molecular flexibility index (Phi) is 5.19. The Hall–Kier alpha value is -1.10. The quantitative estimate of drug-likeness (QED) is 0.872. The van der Waals surface area contributed by atoms with Crippen molar-refractivity contribution in [1.82, 2.24) is 5.32 Å². The van der Waals surface area contributed by atoms with Gasteiger partial charge < -0.3 is 15.4 Å². The van der Waals surface area contributed by atoms with Crippen LogP contribution in [0.1, 0.15) is 19.3 Å². The first-order valence-electron chi connectivity index (χ1n) is 6.50. The Morgan fingerprint density at radius 1 is 1.37 bits per heavy atom. The zero-order valence-electron chi connectivity index (χ0n) is 11.0. The third-order valence-corrected chi connectivity index (χ3v) is 3.66. The van der Waals surface area contributed by atoms with Gasteiger partial charge in [0.1, 0.15) is 0 Å². The first-order chi connectivity index (χ1) is 9.19. The van der Waals surface area contributed by atoms with Crippen LogP contribution < -0.4 is 10.6 Å². The van der Waals surface area contributed by atoms with Crippen molar-refractivity contribution in [1.29, 1.82) is 0 Å². The molecule has 1 fully saturated rings. The van der Waals surface area contributed by atoms with Gasteiger partial charge in [-0.15, -0.1) is 0 Å². The predicted molar refractivity (Wildman–Crippen MR) is 76.5 cm³/mol. The molecular formula is C14H19ClN2O2. The molecule has 2 atom stereocenters. The molecule has 0 radical (unpaired) electrons. The first kappa shape index (κ1) is 14.3. The number of ether oxygens (including phenoxy) is 1. The van der Waals surface area contributed by atoms with Crippen LogP contribution in [0.15, 0.2) is 24.3 Å². The summed E-state index contributed by atoms with van der Waals surface area (Å²) in [5, 5.41) is 6.73. The van der Waals surface area contributed by atoms with E-state index in [1.807, 2.05) is 0 Å². The van der Waals surface area contributed by atoms with Crippen molar-refractivity contribution < 1.29 is 9.53 Å². The van der Waals surface area contributed by atoms with E-state index in [9.17, 15) is 4.79 Å². The van der Waals surface area contributed by atoms with Gasteiger partial charge in [0, 0.05) is 23.9 Å². The Balaban J connectivity index is 1.77. The first-order valence-corrected chi connectivity index (χ1v) is 6.88. The Bertz CT molecular complexity index is 422. The lowest BCUT2D eigenvalue weighted by Gasteiger charge is -2.19. The molecule has 1 saturated carbocycles. The highest BCUT2D eigenvalue weighted by Crippen LogP contribution is 2.21. The predicted octanol–water partition coefficient (Wildman–Crippen LogP) is 2.44. The van der Waals surface area contributed by atoms with E-state index in [0.717, 1.165) is 24.9 Å². The molecule has 0 aliphatic heterocycles. The van der Waals surface area contributed by atoms with Crippen LogP contribution in [0.4, 0.5) is 5.69 Å². The molecule has 0 heterocycles. The van der Waals surface area contributed by atoms with E-state index in [1.54, 1.807) is 31.4 Å². The number of halogens is 1. The smallest absolute Gasteiger partial charge is 0.238 e. The van der Waals surface area contributed by atoms with Crippen molar-refractivity contribution >= 4 is 23.2 Å². The number of rotatable bonds is 5. The van der Waals surface area contributed by atoms with Crippen LogP contribution in [-0.2, 0) is 9.53 Å². The summed E-state index contributed by atoms with van der Waals surface area (Å²) in [5.41, 5.74) is 0.755. The summed E-state index contributed by atoms with van der Waals surface area (Å²) < 4.78 is 5.38. The highest BCUT2D eigenvalue weighted by atomic mass is 35.5. The summed E-state index contributed by atoms with van der Waals surface area (Å²) in [6.45, 7) is 0.299. The second kappa shape index (κ2) is 6.89. The molecule has 1 aromatic rings. The second-order valence-electron chi connectivity index (χ2n) is 4.75. The number of methoxy groups -OCH3 is 1. The average molecular weight is 283 g/mol. The van der Waals surface area contributed by atoms with Crippen molar-refractivity contribution in [3.05, 3.63) is 29.3 Å². The molecule has 1 aliphatic carbocycles. The fourth-order valence-electron chi connectivity index (χ4n) is 2.40. The van der Waals surface area contributed by atoms with Crippen LogP contribution in [-0.4, -0.2) is 31.7 Å². The number of amides is 1. The van der Waals surface area contributed by atoms with E-state index < -0.39 is 0 Å². The average Bonchev–Trinajstić information content (AvgIpc) is 2.86. The molecule has 0 spiro atoms. The molecule has 0 aromatic heterocycles. The highest BCUT2D eigenvalue weighted by Gasteiger charge is 2.26. The molecule has 5 heteroatoms. The fraction of sp³-hybridized carbons (Fsp3) is 0.500. The minimum absolute atomic E-state index is 0.0518. The van der Waals surface area contributed by atoms with Crippen LogP contribution in [0.5, 0.6) is 0 Å². The lowest BCUT2D eigenvalue weighted by atomic mass is 10.2. The normalized spacial score (nSPS) is 22.4. The molecule has 1 amide bonds. The Labute approximate surface area is 118 Å². The van der Waals surface area contributed by atoms with Gasteiger partial charge in [0.25, 0.3) is 0 Å². The van der Waals surface area contributed by atoms with Gasteiger partial charge in [-0.25, -0.2) is 0 Å². The number of carbonyl (C=O) groups excluding carboxylic acids is 1. The molecule has 2 unspecified atom stereocenters. The van der Waals surface area contributed by atoms with Gasteiger partial charge in [0.15, 0.2) is 0 Å². The fourth-order valence-corrected chi connectivity index (χ4v) is 2.53. The summed E-state index contributed by atoms with van der Waals surface area (Å²) >= 11 is 5.79. The number of benzene rings is 1. The van der Waals surface area contributed by atoms with E-state index in [4.69, 9.17) is 16.3 Å². The van der Waals surface area contributed by atoms with Crippen molar-refractivity contribution in [3.8, 4) is 0 Å². The van der Waals surface area contributed by atoms with E-state index in [1.165, 1.54) is 0 Å². The molecule has 0 bridgehead atoms. The van der Waals surface area contributed by atoms with E-state index in [-0.39, 0.29) is 18.1 Å². The number of hydrogen-bond donors (Lipinski definition) is 2. The number of carbonyl (C=O) groups is 1. The van der Waals surface area contributed by atoms with Crippen molar-refractivity contribution in [2.45, 2.75) is 31.4 Å². The molecule has 1 aliphatic rings. The van der Waals surface area contributed by atoms with Gasteiger partial charge in [-0.1, -0.05) is 11.6 Å². The maximum absolute atomic E-state index is 11.8. The van der Waals surface area contributed by atoms with Gasteiger partial charge in [-0.3, -0.25) is 4.79 Å². The maximum Gasteiger partial charge on any atom is 0.238 e. The molecule has 104 valence electrons.